The van der Waals surface area contributed by atoms with Crippen molar-refractivity contribution in [2.45, 2.75) is 31.7 Å². The molecule has 0 radical (unpaired) electrons. The number of rotatable bonds is 4. The first-order chi connectivity index (χ1) is 10.2. The fraction of sp³-hybridized carbons (Fsp3) is 0.375. The van der Waals surface area contributed by atoms with E-state index in [9.17, 15) is 4.79 Å². The van der Waals surface area contributed by atoms with Crippen LogP contribution < -0.4 is 5.32 Å². The highest BCUT2D eigenvalue weighted by molar-refractivity contribution is 5.70. The number of nitrogens with one attached hydrogen (secondary N) is 1. The molecule has 3 rings (SSSR count). The first-order valence-electron chi connectivity index (χ1n) is 7.20. The van der Waals surface area contributed by atoms with Gasteiger partial charge in [-0.2, -0.15) is 0 Å². The molecule has 1 aliphatic rings. The minimum Gasteiger partial charge on any atom is -0.481 e. The van der Waals surface area contributed by atoms with Gasteiger partial charge in [-0.25, -0.2) is 4.98 Å². The number of anilines is 1. The van der Waals surface area contributed by atoms with Crippen molar-refractivity contribution in [1.29, 1.82) is 0 Å². The van der Waals surface area contributed by atoms with E-state index in [1.165, 1.54) is 6.39 Å². The lowest BCUT2D eigenvalue weighted by molar-refractivity contribution is -0.142. The minimum absolute atomic E-state index is 0.170. The van der Waals surface area contributed by atoms with E-state index in [1.807, 2.05) is 24.3 Å². The van der Waals surface area contributed by atoms with Gasteiger partial charge in [0.25, 0.3) is 0 Å². The average Bonchev–Trinajstić information content (AvgIpc) is 3.03. The molecule has 5 heteroatoms. The molecule has 0 atom stereocenters. The third kappa shape index (κ3) is 3.24. The second-order valence-electron chi connectivity index (χ2n) is 5.47. The fourth-order valence-corrected chi connectivity index (χ4v) is 2.81. The summed E-state index contributed by atoms with van der Waals surface area (Å²) >= 11 is 0. The molecule has 0 bridgehead atoms. The van der Waals surface area contributed by atoms with Crippen molar-refractivity contribution in [2.24, 2.45) is 5.92 Å². The maximum Gasteiger partial charge on any atom is 0.306 e. The van der Waals surface area contributed by atoms with E-state index < -0.39 is 5.97 Å². The van der Waals surface area contributed by atoms with Gasteiger partial charge in [0.05, 0.1) is 12.1 Å². The van der Waals surface area contributed by atoms with E-state index in [4.69, 9.17) is 9.52 Å². The molecule has 110 valence electrons. The number of benzene rings is 1. The molecule has 0 amide bonds. The molecule has 1 aromatic heterocycles. The summed E-state index contributed by atoms with van der Waals surface area (Å²) in [7, 11) is 0. The molecule has 1 aliphatic carbocycles. The molecule has 1 heterocycles. The monoisotopic (exact) mass is 286 g/mol. The van der Waals surface area contributed by atoms with Crippen LogP contribution in [0.2, 0.25) is 0 Å². The second kappa shape index (κ2) is 5.99. The van der Waals surface area contributed by atoms with E-state index in [1.54, 1.807) is 6.20 Å². The molecule has 1 saturated carbocycles. The first kappa shape index (κ1) is 13.7. The Labute approximate surface area is 123 Å². The molecule has 21 heavy (non-hydrogen) atoms. The molecule has 5 nitrogen and oxygen atoms in total. The van der Waals surface area contributed by atoms with E-state index in [2.05, 4.69) is 10.3 Å². The summed E-state index contributed by atoms with van der Waals surface area (Å²) in [5, 5.41) is 12.5. The molecule has 2 aromatic rings. The minimum atomic E-state index is -0.662. The van der Waals surface area contributed by atoms with Crippen LogP contribution in [0.3, 0.4) is 0 Å². The highest BCUT2D eigenvalue weighted by atomic mass is 16.4. The Balaban J connectivity index is 1.58. The Morgan fingerprint density at radius 1 is 1.19 bits per heavy atom. The Bertz CT molecular complexity index is 584. The Morgan fingerprint density at radius 3 is 2.48 bits per heavy atom. The van der Waals surface area contributed by atoms with Gasteiger partial charge < -0.3 is 14.8 Å². The van der Waals surface area contributed by atoms with Crippen LogP contribution in [0, 0.1) is 5.92 Å². The van der Waals surface area contributed by atoms with Gasteiger partial charge in [0.1, 0.15) is 0 Å². The number of hydrogen-bond donors (Lipinski definition) is 2. The first-order valence-corrected chi connectivity index (χ1v) is 7.20. The summed E-state index contributed by atoms with van der Waals surface area (Å²) < 4.78 is 5.26. The third-order valence-electron chi connectivity index (χ3n) is 4.05. The highest BCUT2D eigenvalue weighted by Crippen LogP contribution is 2.27. The summed E-state index contributed by atoms with van der Waals surface area (Å²) in [5.74, 6) is -0.0785. The number of carboxylic acids is 1. The van der Waals surface area contributed by atoms with Crippen molar-refractivity contribution in [3.63, 3.8) is 0 Å². The van der Waals surface area contributed by atoms with Gasteiger partial charge in [0, 0.05) is 17.3 Å². The van der Waals surface area contributed by atoms with Gasteiger partial charge in [-0.1, -0.05) is 0 Å². The van der Waals surface area contributed by atoms with E-state index in [0.717, 1.165) is 42.7 Å². The maximum atomic E-state index is 10.9. The molecule has 1 fully saturated rings. The summed E-state index contributed by atoms with van der Waals surface area (Å²) in [6.07, 6.45) is 6.42. The molecular formula is C16H18N2O3. The van der Waals surface area contributed by atoms with Gasteiger partial charge in [0.2, 0.25) is 0 Å². The van der Waals surface area contributed by atoms with Gasteiger partial charge in [-0.05, 0) is 49.9 Å². The van der Waals surface area contributed by atoms with Crippen LogP contribution in [0.1, 0.15) is 25.7 Å². The van der Waals surface area contributed by atoms with Crippen molar-refractivity contribution >= 4 is 11.7 Å². The molecule has 0 saturated heterocycles. The van der Waals surface area contributed by atoms with Crippen LogP contribution >= 0.6 is 0 Å². The van der Waals surface area contributed by atoms with Crippen molar-refractivity contribution in [3.05, 3.63) is 36.9 Å². The summed E-state index contributed by atoms with van der Waals surface area (Å²) in [4.78, 5) is 14.8. The predicted octanol–water partition coefficient (Wildman–Crippen LogP) is 3.40. The zero-order chi connectivity index (χ0) is 14.7. The van der Waals surface area contributed by atoms with Crippen LogP contribution in [-0.4, -0.2) is 22.1 Å². The van der Waals surface area contributed by atoms with Crippen LogP contribution in [0.4, 0.5) is 5.69 Å². The van der Waals surface area contributed by atoms with Gasteiger partial charge in [-0.3, -0.25) is 4.79 Å². The summed E-state index contributed by atoms with van der Waals surface area (Å²) in [6.45, 7) is 0. The molecule has 0 unspecified atom stereocenters. The topological polar surface area (TPSA) is 75.4 Å². The SMILES string of the molecule is O=C(O)[C@H]1CC[C@H](Nc2ccc(-c3cnco3)cc2)CC1. The van der Waals surface area contributed by atoms with Gasteiger partial charge in [-0.15, -0.1) is 0 Å². The maximum absolute atomic E-state index is 10.9. The van der Waals surface area contributed by atoms with E-state index in [0.29, 0.717) is 6.04 Å². The molecular weight excluding hydrogens is 268 g/mol. The molecule has 0 spiro atoms. The number of carboxylic acid groups (broad SMARTS) is 1. The van der Waals surface area contributed by atoms with Crippen LogP contribution in [0.15, 0.2) is 41.3 Å². The van der Waals surface area contributed by atoms with Crippen molar-refractivity contribution in [3.8, 4) is 11.3 Å². The van der Waals surface area contributed by atoms with Crippen molar-refractivity contribution in [2.75, 3.05) is 5.32 Å². The molecule has 0 aliphatic heterocycles. The van der Waals surface area contributed by atoms with Crippen molar-refractivity contribution < 1.29 is 14.3 Å². The Hall–Kier alpha value is -2.30. The lowest BCUT2D eigenvalue weighted by atomic mass is 9.86. The van der Waals surface area contributed by atoms with Crippen LogP contribution in [0.5, 0.6) is 0 Å². The largest absolute Gasteiger partial charge is 0.481 e. The zero-order valence-corrected chi connectivity index (χ0v) is 11.7. The van der Waals surface area contributed by atoms with E-state index in [-0.39, 0.29) is 5.92 Å². The summed E-state index contributed by atoms with van der Waals surface area (Å²) in [6, 6.07) is 8.37. The quantitative estimate of drug-likeness (QED) is 0.901. The van der Waals surface area contributed by atoms with Crippen LogP contribution in [0.25, 0.3) is 11.3 Å². The zero-order valence-electron chi connectivity index (χ0n) is 11.7. The number of carbonyl (C=O) groups is 1. The number of nitrogens with zero attached hydrogens (tertiary/aromatic N) is 1. The van der Waals surface area contributed by atoms with Gasteiger partial charge >= 0.3 is 5.97 Å². The number of hydrogen-bond acceptors (Lipinski definition) is 4. The second-order valence-corrected chi connectivity index (χ2v) is 5.47. The smallest absolute Gasteiger partial charge is 0.306 e. The Kier molecular flexibility index (Phi) is 3.90. The lowest BCUT2D eigenvalue weighted by Crippen LogP contribution is -2.29. The fourth-order valence-electron chi connectivity index (χ4n) is 2.81. The van der Waals surface area contributed by atoms with Gasteiger partial charge in [0.15, 0.2) is 12.2 Å². The average molecular weight is 286 g/mol. The highest BCUT2D eigenvalue weighted by Gasteiger charge is 2.25. The number of aliphatic carboxylic acids is 1. The predicted molar refractivity (Wildman–Crippen MR) is 78.9 cm³/mol. The number of oxazole rings is 1. The lowest BCUT2D eigenvalue weighted by Gasteiger charge is -2.27. The Morgan fingerprint density at radius 2 is 1.90 bits per heavy atom. The van der Waals surface area contributed by atoms with Crippen LogP contribution in [-0.2, 0) is 4.79 Å². The number of aromatic nitrogens is 1. The summed E-state index contributed by atoms with van der Waals surface area (Å²) in [5.41, 5.74) is 2.05. The van der Waals surface area contributed by atoms with Crippen molar-refractivity contribution in [1.82, 2.24) is 4.98 Å². The molecule has 1 aromatic carbocycles. The normalized spacial score (nSPS) is 21.9. The molecule has 2 N–H and O–H groups in total. The third-order valence-corrected chi connectivity index (χ3v) is 4.05. The standard InChI is InChI=1S/C16H18N2O3/c19-16(20)12-3-7-14(8-4-12)18-13-5-1-11(2-6-13)15-9-17-10-21-15/h1-2,5-6,9-10,12,14,18H,3-4,7-8H2,(H,19,20)/t12-,14-. The van der Waals surface area contributed by atoms with E-state index >= 15 is 0 Å².